The maximum atomic E-state index is 2.77. The summed E-state index contributed by atoms with van der Waals surface area (Å²) in [7, 11) is 0. The van der Waals surface area contributed by atoms with Crippen molar-refractivity contribution in [2.75, 3.05) is 0 Å². The van der Waals surface area contributed by atoms with Gasteiger partial charge in [0, 0.05) is 0 Å². The van der Waals surface area contributed by atoms with Crippen LogP contribution in [0.2, 0.25) is 5.28 Å². The third-order valence-corrected chi connectivity index (χ3v) is 1.99. The molecule has 0 saturated carbocycles. The zero-order chi connectivity index (χ0) is 5.70. The fourth-order valence-electron chi connectivity index (χ4n) is 0.611. The van der Waals surface area contributed by atoms with Crippen molar-refractivity contribution in [3.63, 3.8) is 0 Å². The number of hydrogen-bond donors (Lipinski definition) is 0. The van der Waals surface area contributed by atoms with Gasteiger partial charge in [-0.15, -0.1) is 0 Å². The van der Waals surface area contributed by atoms with Crippen molar-refractivity contribution in [3.05, 3.63) is 0 Å². The molecule has 0 fully saturated rings. The van der Waals surface area contributed by atoms with Crippen molar-refractivity contribution >= 4 is 16.3 Å². The van der Waals surface area contributed by atoms with Gasteiger partial charge in [-0.2, -0.15) is 0 Å². The third-order valence-electron chi connectivity index (χ3n) is 1.18. The summed E-state index contributed by atoms with van der Waals surface area (Å²) in [4.78, 5) is 0. The molecular weight excluding hydrogens is 99.0 g/mol. The van der Waals surface area contributed by atoms with Crippen LogP contribution in [0.1, 0.15) is 26.7 Å². The Hall–Kier alpha value is 0.532. The molecule has 38 valence electrons. The summed E-state index contributed by atoms with van der Waals surface area (Å²) in [6.07, 6.45) is 2.71. The molecule has 0 spiro atoms. The molecule has 0 radical (unpaired) electrons. The molecule has 0 aromatic heterocycles. The topological polar surface area (TPSA) is 0 Å². The standard InChI is InChI=1S/C6H13.Al/c1-4-5-6(2)3;/h6H,2,4-5H2,1,3H3;/q;+2. The molecule has 0 heterocycles. The molecule has 0 aliphatic heterocycles. The zero-order valence-electron chi connectivity index (χ0n) is 5.28. The van der Waals surface area contributed by atoms with Crippen LogP contribution in [-0.4, -0.2) is 16.3 Å². The molecule has 0 nitrogen and oxygen atoms in total. The van der Waals surface area contributed by atoms with Gasteiger partial charge in [-0.3, -0.25) is 0 Å². The van der Waals surface area contributed by atoms with Gasteiger partial charge in [-0.1, -0.05) is 0 Å². The van der Waals surface area contributed by atoms with E-state index in [1.165, 1.54) is 18.1 Å². The second-order valence-electron chi connectivity index (χ2n) is 2.13. The van der Waals surface area contributed by atoms with Crippen molar-refractivity contribution in [1.82, 2.24) is 0 Å². The molecule has 0 amide bonds. The van der Waals surface area contributed by atoms with E-state index in [1.807, 2.05) is 0 Å². The molecule has 0 N–H and O–H groups in total. The first-order valence-corrected chi connectivity index (χ1v) is 3.83. The van der Waals surface area contributed by atoms with E-state index in [2.05, 4.69) is 30.1 Å². The predicted octanol–water partition coefficient (Wildman–Crippen LogP) is 2.01. The van der Waals surface area contributed by atoms with Gasteiger partial charge in [-0.05, 0) is 0 Å². The van der Waals surface area contributed by atoms with E-state index in [4.69, 9.17) is 0 Å². The second-order valence-corrected chi connectivity index (χ2v) is 2.60. The van der Waals surface area contributed by atoms with Crippen molar-refractivity contribution in [2.45, 2.75) is 32.0 Å². The summed E-state index contributed by atoms with van der Waals surface area (Å²) in [6, 6.07) is 0. The van der Waals surface area contributed by atoms with Crippen LogP contribution in [0.25, 0.3) is 0 Å². The molecule has 1 heteroatoms. The van der Waals surface area contributed by atoms with E-state index in [-0.39, 0.29) is 0 Å². The van der Waals surface area contributed by atoms with E-state index in [0.29, 0.717) is 0 Å². The van der Waals surface area contributed by atoms with E-state index in [9.17, 15) is 0 Å². The summed E-state index contributed by atoms with van der Waals surface area (Å²) in [5.74, 6) is 0.912. The SMILES string of the molecule is CCCC(C)[CH2][Al+2]. The minimum absolute atomic E-state index is 0.912. The van der Waals surface area contributed by atoms with Gasteiger partial charge >= 0.3 is 54.2 Å². The Morgan fingerprint density at radius 1 is 1.57 bits per heavy atom. The van der Waals surface area contributed by atoms with Gasteiger partial charge in [0.1, 0.15) is 0 Å². The van der Waals surface area contributed by atoms with Gasteiger partial charge < -0.3 is 0 Å². The fourth-order valence-corrected chi connectivity index (χ4v) is 0.846. The first-order valence-electron chi connectivity index (χ1n) is 3.01. The average Bonchev–Trinajstić information content (AvgIpc) is 1.68. The summed E-state index contributed by atoms with van der Waals surface area (Å²) in [5.41, 5.74) is 0. The van der Waals surface area contributed by atoms with Crippen molar-refractivity contribution < 1.29 is 0 Å². The van der Waals surface area contributed by atoms with Crippen LogP contribution in [0.15, 0.2) is 0 Å². The van der Waals surface area contributed by atoms with Crippen LogP contribution >= 0.6 is 0 Å². The number of hydrogen-bond acceptors (Lipinski definition) is 0. The molecule has 0 aromatic rings. The molecular formula is C6H13Al+2. The van der Waals surface area contributed by atoms with E-state index < -0.39 is 0 Å². The number of rotatable bonds is 3. The van der Waals surface area contributed by atoms with Gasteiger partial charge in [-0.25, -0.2) is 0 Å². The second kappa shape index (κ2) is 4.69. The summed E-state index contributed by atoms with van der Waals surface area (Å²) < 4.78 is 0. The molecule has 0 bridgehead atoms. The molecule has 0 aromatic carbocycles. The zero-order valence-corrected chi connectivity index (χ0v) is 6.43. The molecule has 7 heavy (non-hydrogen) atoms. The maximum absolute atomic E-state index is 2.77. The Bertz CT molecular complexity index is 35.2. The molecule has 1 atom stereocenters. The van der Waals surface area contributed by atoms with Gasteiger partial charge in [0.2, 0.25) is 0 Å². The summed E-state index contributed by atoms with van der Waals surface area (Å²) in [5, 5.41) is 1.26. The molecule has 0 rings (SSSR count). The van der Waals surface area contributed by atoms with Crippen LogP contribution < -0.4 is 0 Å². The van der Waals surface area contributed by atoms with Crippen LogP contribution in [0.3, 0.4) is 0 Å². The summed E-state index contributed by atoms with van der Waals surface area (Å²) in [6.45, 7) is 4.52. The van der Waals surface area contributed by atoms with Crippen molar-refractivity contribution in [3.8, 4) is 0 Å². The monoisotopic (exact) mass is 112 g/mol. The third kappa shape index (κ3) is 4.38. The van der Waals surface area contributed by atoms with E-state index >= 15 is 0 Å². The first-order chi connectivity index (χ1) is 3.31. The molecule has 0 aliphatic rings. The minimum atomic E-state index is 0.912. The van der Waals surface area contributed by atoms with Crippen LogP contribution in [0.4, 0.5) is 0 Å². The predicted molar refractivity (Wildman–Crippen MR) is 34.6 cm³/mol. The van der Waals surface area contributed by atoms with Gasteiger partial charge in [0.25, 0.3) is 0 Å². The quantitative estimate of drug-likeness (QED) is 0.490. The van der Waals surface area contributed by atoms with E-state index in [0.717, 1.165) is 5.92 Å². The Balaban J connectivity index is 2.83. The molecule has 0 saturated heterocycles. The van der Waals surface area contributed by atoms with Gasteiger partial charge in [0.15, 0.2) is 0 Å². The Morgan fingerprint density at radius 2 is 2.14 bits per heavy atom. The Kier molecular flexibility index (Phi) is 5.04. The molecule has 0 aliphatic carbocycles. The Morgan fingerprint density at radius 3 is 2.29 bits per heavy atom. The van der Waals surface area contributed by atoms with Crippen LogP contribution in [0, 0.1) is 5.92 Å². The summed E-state index contributed by atoms with van der Waals surface area (Å²) >= 11 is 2.77. The van der Waals surface area contributed by atoms with Crippen molar-refractivity contribution in [1.29, 1.82) is 0 Å². The Labute approximate surface area is 54.7 Å². The normalized spacial score (nSPS) is 14.3. The van der Waals surface area contributed by atoms with Crippen LogP contribution in [0.5, 0.6) is 0 Å². The van der Waals surface area contributed by atoms with Crippen LogP contribution in [-0.2, 0) is 0 Å². The average molecular weight is 112 g/mol. The van der Waals surface area contributed by atoms with E-state index in [1.54, 1.807) is 0 Å². The van der Waals surface area contributed by atoms with Crippen molar-refractivity contribution in [2.24, 2.45) is 5.92 Å². The fraction of sp³-hybridized carbons (Fsp3) is 1.00. The first kappa shape index (κ1) is 7.53. The molecule has 1 unspecified atom stereocenters. The van der Waals surface area contributed by atoms with Gasteiger partial charge in [0.05, 0.1) is 0 Å².